The monoisotopic (exact) mass is 398 g/mol. The third-order valence-corrected chi connectivity index (χ3v) is 5.74. The fourth-order valence-electron chi connectivity index (χ4n) is 3.12. The third kappa shape index (κ3) is 4.14. The van der Waals surface area contributed by atoms with Crippen LogP contribution in [0.5, 0.6) is 0 Å². The molecule has 7 nitrogen and oxygen atoms in total. The Hall–Kier alpha value is -2.55. The molecule has 1 saturated heterocycles. The molecule has 1 N–H and O–H groups in total. The van der Waals surface area contributed by atoms with Gasteiger partial charge in [-0.2, -0.15) is 0 Å². The molecule has 1 amide bonds. The number of nitrogens with one attached hydrogen (secondary N) is 1. The van der Waals surface area contributed by atoms with Gasteiger partial charge in [0, 0.05) is 43.4 Å². The summed E-state index contributed by atoms with van der Waals surface area (Å²) in [6, 6.07) is 7.90. The molecule has 1 aromatic carbocycles. The molecule has 3 aromatic rings. The van der Waals surface area contributed by atoms with E-state index in [0.717, 1.165) is 48.9 Å². The van der Waals surface area contributed by atoms with Crippen LogP contribution in [-0.4, -0.2) is 46.5 Å². The first kappa shape index (κ1) is 18.8. The second-order valence-electron chi connectivity index (χ2n) is 6.88. The van der Waals surface area contributed by atoms with Crippen molar-refractivity contribution in [3.05, 3.63) is 68.6 Å². The number of benzene rings is 1. The Labute approximate surface area is 166 Å². The molecule has 28 heavy (non-hydrogen) atoms. The van der Waals surface area contributed by atoms with Crippen LogP contribution in [0.3, 0.4) is 0 Å². The number of hydrogen-bond acceptors (Lipinski definition) is 6. The van der Waals surface area contributed by atoms with Crippen molar-refractivity contribution < 1.29 is 9.53 Å². The van der Waals surface area contributed by atoms with E-state index in [2.05, 4.69) is 15.2 Å². The van der Waals surface area contributed by atoms with Gasteiger partial charge in [0.25, 0.3) is 11.5 Å². The smallest absolute Gasteiger partial charge is 0.271 e. The highest BCUT2D eigenvalue weighted by atomic mass is 32.1. The molecular formula is C20H22N4O3S. The fraction of sp³-hybridized carbons (Fsp3) is 0.350. The molecule has 0 spiro atoms. The minimum Gasteiger partial charge on any atom is -0.379 e. The molecule has 0 unspecified atom stereocenters. The zero-order valence-electron chi connectivity index (χ0n) is 15.7. The van der Waals surface area contributed by atoms with Gasteiger partial charge in [-0.25, -0.2) is 4.98 Å². The summed E-state index contributed by atoms with van der Waals surface area (Å²) in [6.45, 7) is 6.35. The molecule has 4 rings (SSSR count). The maximum atomic E-state index is 12.8. The summed E-state index contributed by atoms with van der Waals surface area (Å²) in [6.07, 6.45) is 3.17. The molecule has 8 heteroatoms. The molecule has 1 fully saturated rings. The highest BCUT2D eigenvalue weighted by molar-refractivity contribution is 7.17. The summed E-state index contributed by atoms with van der Waals surface area (Å²) in [5.41, 5.74) is 1.86. The van der Waals surface area contributed by atoms with Gasteiger partial charge < -0.3 is 10.1 Å². The van der Waals surface area contributed by atoms with E-state index in [1.165, 1.54) is 21.9 Å². The number of amides is 1. The van der Waals surface area contributed by atoms with E-state index in [0.29, 0.717) is 11.5 Å². The SMILES string of the molecule is Cc1ccc(CNC(=O)c2cnc3sc(CN4CCOCC4)cn3c2=O)cc1. The van der Waals surface area contributed by atoms with Gasteiger partial charge in [0.2, 0.25) is 0 Å². The standard InChI is InChI=1S/C20H22N4O3S/c1-14-2-4-15(5-3-14)10-21-18(25)17-11-22-20-24(19(17)26)13-16(28-20)12-23-6-8-27-9-7-23/h2-5,11,13H,6-10,12H2,1H3,(H,21,25). The van der Waals surface area contributed by atoms with E-state index >= 15 is 0 Å². The zero-order chi connectivity index (χ0) is 19.5. The Bertz CT molecular complexity index is 1040. The Morgan fingerprint density at radius 1 is 1.25 bits per heavy atom. The number of morpholine rings is 1. The lowest BCUT2D eigenvalue weighted by atomic mass is 10.1. The van der Waals surface area contributed by atoms with Crippen LogP contribution >= 0.6 is 11.3 Å². The van der Waals surface area contributed by atoms with E-state index in [1.807, 2.05) is 31.2 Å². The first-order chi connectivity index (χ1) is 13.6. The molecule has 3 heterocycles. The van der Waals surface area contributed by atoms with Crippen molar-refractivity contribution in [1.29, 1.82) is 0 Å². The first-order valence-corrected chi connectivity index (χ1v) is 10.1. The van der Waals surface area contributed by atoms with E-state index < -0.39 is 5.91 Å². The number of nitrogens with zero attached hydrogens (tertiary/aromatic N) is 3. The van der Waals surface area contributed by atoms with Gasteiger partial charge in [-0.15, -0.1) is 0 Å². The summed E-state index contributed by atoms with van der Waals surface area (Å²) < 4.78 is 6.84. The zero-order valence-corrected chi connectivity index (χ0v) is 16.5. The van der Waals surface area contributed by atoms with Crippen molar-refractivity contribution in [3.8, 4) is 0 Å². The predicted molar refractivity (Wildman–Crippen MR) is 108 cm³/mol. The van der Waals surface area contributed by atoms with Crippen LogP contribution in [0.1, 0.15) is 26.4 Å². The van der Waals surface area contributed by atoms with Gasteiger partial charge in [0.15, 0.2) is 4.96 Å². The summed E-state index contributed by atoms with van der Waals surface area (Å²) >= 11 is 1.47. The van der Waals surface area contributed by atoms with Crippen molar-refractivity contribution in [2.75, 3.05) is 26.3 Å². The van der Waals surface area contributed by atoms with Crippen LogP contribution in [-0.2, 0) is 17.8 Å². The van der Waals surface area contributed by atoms with Crippen LogP contribution in [0.15, 0.2) is 41.5 Å². The van der Waals surface area contributed by atoms with Crippen molar-refractivity contribution >= 4 is 22.2 Å². The Balaban J connectivity index is 1.49. The van der Waals surface area contributed by atoms with Crippen molar-refractivity contribution in [1.82, 2.24) is 19.6 Å². The molecular weight excluding hydrogens is 376 g/mol. The van der Waals surface area contributed by atoms with E-state index in [-0.39, 0.29) is 11.1 Å². The maximum Gasteiger partial charge on any atom is 0.271 e. The van der Waals surface area contributed by atoms with Gasteiger partial charge in [-0.1, -0.05) is 41.2 Å². The molecule has 1 aliphatic heterocycles. The maximum absolute atomic E-state index is 12.8. The summed E-state index contributed by atoms with van der Waals surface area (Å²) in [5, 5.41) is 2.80. The summed E-state index contributed by atoms with van der Waals surface area (Å²) in [5.74, 6) is -0.409. The minimum absolute atomic E-state index is 0.0559. The van der Waals surface area contributed by atoms with Gasteiger partial charge >= 0.3 is 0 Å². The highest BCUT2D eigenvalue weighted by Gasteiger charge is 2.17. The van der Waals surface area contributed by atoms with Gasteiger partial charge in [-0.3, -0.25) is 18.9 Å². The Morgan fingerprint density at radius 2 is 2.00 bits per heavy atom. The molecule has 146 valence electrons. The number of aryl methyl sites for hydroxylation is 1. The molecule has 0 atom stereocenters. The largest absolute Gasteiger partial charge is 0.379 e. The van der Waals surface area contributed by atoms with E-state index in [9.17, 15) is 9.59 Å². The summed E-state index contributed by atoms with van der Waals surface area (Å²) in [7, 11) is 0. The normalized spacial score (nSPS) is 15.0. The van der Waals surface area contributed by atoms with Crippen molar-refractivity contribution in [3.63, 3.8) is 0 Å². The van der Waals surface area contributed by atoms with Crippen LogP contribution in [0.2, 0.25) is 0 Å². The molecule has 0 bridgehead atoms. The number of carbonyl (C=O) groups is 1. The molecule has 1 aliphatic rings. The number of rotatable bonds is 5. The van der Waals surface area contributed by atoms with Gasteiger partial charge in [0.1, 0.15) is 5.56 Å². The Morgan fingerprint density at radius 3 is 2.75 bits per heavy atom. The molecule has 0 aliphatic carbocycles. The number of aromatic nitrogens is 2. The molecule has 0 radical (unpaired) electrons. The third-order valence-electron chi connectivity index (χ3n) is 4.76. The second kappa shape index (κ2) is 8.22. The number of carbonyl (C=O) groups excluding carboxylic acids is 1. The number of thiazole rings is 1. The number of fused-ring (bicyclic) bond motifs is 1. The highest BCUT2D eigenvalue weighted by Crippen LogP contribution is 2.17. The molecule has 2 aromatic heterocycles. The first-order valence-electron chi connectivity index (χ1n) is 9.24. The minimum atomic E-state index is -0.409. The van der Waals surface area contributed by atoms with E-state index in [4.69, 9.17) is 4.74 Å². The van der Waals surface area contributed by atoms with Crippen LogP contribution in [0.4, 0.5) is 0 Å². The van der Waals surface area contributed by atoms with Crippen LogP contribution in [0.25, 0.3) is 4.96 Å². The quantitative estimate of drug-likeness (QED) is 0.710. The second-order valence-corrected chi connectivity index (χ2v) is 7.98. The molecule has 0 saturated carbocycles. The average Bonchev–Trinajstić information content (AvgIpc) is 3.12. The lowest BCUT2D eigenvalue weighted by Crippen LogP contribution is -2.35. The van der Waals surface area contributed by atoms with Gasteiger partial charge in [-0.05, 0) is 12.5 Å². The lowest BCUT2D eigenvalue weighted by molar-refractivity contribution is 0.0346. The lowest BCUT2D eigenvalue weighted by Gasteiger charge is -2.25. The summed E-state index contributed by atoms with van der Waals surface area (Å²) in [4.78, 5) is 33.5. The van der Waals surface area contributed by atoms with Crippen LogP contribution in [0, 0.1) is 6.92 Å². The topological polar surface area (TPSA) is 75.9 Å². The van der Waals surface area contributed by atoms with E-state index in [1.54, 1.807) is 6.20 Å². The Kier molecular flexibility index (Phi) is 5.52. The number of ether oxygens (including phenoxy) is 1. The van der Waals surface area contributed by atoms with Crippen molar-refractivity contribution in [2.24, 2.45) is 0 Å². The van der Waals surface area contributed by atoms with Gasteiger partial charge in [0.05, 0.1) is 13.2 Å². The predicted octanol–water partition coefficient (Wildman–Crippen LogP) is 1.83. The average molecular weight is 398 g/mol. The number of hydrogen-bond donors (Lipinski definition) is 1. The van der Waals surface area contributed by atoms with Crippen LogP contribution < -0.4 is 10.9 Å². The van der Waals surface area contributed by atoms with Crippen molar-refractivity contribution in [2.45, 2.75) is 20.0 Å². The fourth-order valence-corrected chi connectivity index (χ4v) is 4.10.